The summed E-state index contributed by atoms with van der Waals surface area (Å²) in [4.78, 5) is 0. The van der Waals surface area contributed by atoms with E-state index >= 15 is 0 Å². The van der Waals surface area contributed by atoms with Crippen molar-refractivity contribution in [2.24, 2.45) is 5.92 Å². The molecular formula is C11H21N. The van der Waals surface area contributed by atoms with Gasteiger partial charge in [-0.2, -0.15) is 0 Å². The number of allylic oxidation sites excluding steroid dienone is 1. The smallest absolute Gasteiger partial charge is 0.00981 e. The Balaban J connectivity index is 2.21. The molecule has 0 aliphatic heterocycles. The average Bonchev–Trinajstić information content (AvgIpc) is 1.97. The minimum Gasteiger partial charge on any atom is -0.314 e. The van der Waals surface area contributed by atoms with Gasteiger partial charge in [-0.15, -0.1) is 6.58 Å². The van der Waals surface area contributed by atoms with Crippen molar-refractivity contribution in [2.75, 3.05) is 6.54 Å². The molecule has 1 nitrogen and oxygen atoms in total. The number of hydrogen-bond acceptors (Lipinski definition) is 1. The molecule has 0 bridgehead atoms. The SMILES string of the molecule is C=CCCC(NCC)C1CCC1. The van der Waals surface area contributed by atoms with Crippen LogP contribution in [-0.4, -0.2) is 12.6 Å². The molecule has 1 unspecified atom stereocenters. The van der Waals surface area contributed by atoms with Crippen molar-refractivity contribution in [3.8, 4) is 0 Å². The van der Waals surface area contributed by atoms with Crippen LogP contribution in [0.3, 0.4) is 0 Å². The Bertz CT molecular complexity index is 127. The van der Waals surface area contributed by atoms with Crippen LogP contribution in [0.15, 0.2) is 12.7 Å². The van der Waals surface area contributed by atoms with Crippen LogP contribution in [0.2, 0.25) is 0 Å². The molecule has 1 aliphatic rings. The molecule has 0 radical (unpaired) electrons. The van der Waals surface area contributed by atoms with E-state index in [2.05, 4.69) is 18.8 Å². The van der Waals surface area contributed by atoms with Gasteiger partial charge in [0.25, 0.3) is 0 Å². The van der Waals surface area contributed by atoms with Crippen LogP contribution in [-0.2, 0) is 0 Å². The third-order valence-electron chi connectivity index (χ3n) is 2.87. The van der Waals surface area contributed by atoms with Gasteiger partial charge >= 0.3 is 0 Å². The Labute approximate surface area is 76.2 Å². The van der Waals surface area contributed by atoms with Crippen molar-refractivity contribution in [3.63, 3.8) is 0 Å². The molecule has 1 saturated carbocycles. The van der Waals surface area contributed by atoms with Crippen LogP contribution in [0.1, 0.15) is 39.0 Å². The van der Waals surface area contributed by atoms with Crippen molar-refractivity contribution >= 4 is 0 Å². The predicted molar refractivity (Wildman–Crippen MR) is 54.2 cm³/mol. The van der Waals surface area contributed by atoms with Gasteiger partial charge in [-0.1, -0.05) is 19.4 Å². The van der Waals surface area contributed by atoms with Crippen molar-refractivity contribution < 1.29 is 0 Å². The highest BCUT2D eigenvalue weighted by atomic mass is 14.9. The molecule has 0 heterocycles. The van der Waals surface area contributed by atoms with Crippen LogP contribution in [0, 0.1) is 5.92 Å². The summed E-state index contributed by atoms with van der Waals surface area (Å²) in [5.41, 5.74) is 0. The van der Waals surface area contributed by atoms with Gasteiger partial charge in [0.2, 0.25) is 0 Å². The largest absolute Gasteiger partial charge is 0.314 e. The lowest BCUT2D eigenvalue weighted by atomic mass is 9.78. The van der Waals surface area contributed by atoms with Crippen LogP contribution < -0.4 is 5.32 Å². The first-order valence-electron chi connectivity index (χ1n) is 5.22. The topological polar surface area (TPSA) is 12.0 Å². The second-order valence-electron chi connectivity index (χ2n) is 3.72. The van der Waals surface area contributed by atoms with Gasteiger partial charge in [-0.3, -0.25) is 0 Å². The van der Waals surface area contributed by atoms with Gasteiger partial charge < -0.3 is 5.32 Å². The van der Waals surface area contributed by atoms with E-state index in [4.69, 9.17) is 0 Å². The molecule has 0 aromatic carbocycles. The molecule has 1 rings (SSSR count). The summed E-state index contributed by atoms with van der Waals surface area (Å²) in [6, 6.07) is 0.766. The maximum Gasteiger partial charge on any atom is 0.00981 e. The van der Waals surface area contributed by atoms with Crippen LogP contribution in [0.4, 0.5) is 0 Å². The van der Waals surface area contributed by atoms with Crippen molar-refractivity contribution in [1.29, 1.82) is 0 Å². The zero-order chi connectivity index (χ0) is 8.81. The second kappa shape index (κ2) is 5.36. The molecule has 1 aliphatic carbocycles. The number of hydrogen-bond donors (Lipinski definition) is 1. The predicted octanol–water partition coefficient (Wildman–Crippen LogP) is 2.73. The molecule has 0 saturated heterocycles. The molecule has 0 aromatic heterocycles. The summed E-state index contributed by atoms with van der Waals surface area (Å²) < 4.78 is 0. The van der Waals surface area contributed by atoms with Crippen LogP contribution in [0.5, 0.6) is 0 Å². The quantitative estimate of drug-likeness (QED) is 0.600. The average molecular weight is 167 g/mol. The third-order valence-corrected chi connectivity index (χ3v) is 2.87. The van der Waals surface area contributed by atoms with Crippen molar-refractivity contribution in [3.05, 3.63) is 12.7 Å². The lowest BCUT2D eigenvalue weighted by Crippen LogP contribution is -2.39. The van der Waals surface area contributed by atoms with Crippen molar-refractivity contribution in [1.82, 2.24) is 5.32 Å². The molecule has 0 spiro atoms. The Morgan fingerprint density at radius 3 is 2.75 bits per heavy atom. The van der Waals surface area contributed by atoms with E-state index < -0.39 is 0 Å². The van der Waals surface area contributed by atoms with Crippen LogP contribution >= 0.6 is 0 Å². The standard InChI is InChI=1S/C11H21N/c1-3-5-9-11(12-4-2)10-7-6-8-10/h3,10-12H,1,4-9H2,2H3. The summed E-state index contributed by atoms with van der Waals surface area (Å²) in [6.45, 7) is 7.07. The molecule has 1 fully saturated rings. The Morgan fingerprint density at radius 2 is 2.33 bits per heavy atom. The van der Waals surface area contributed by atoms with Gasteiger partial charge in [0.1, 0.15) is 0 Å². The van der Waals surface area contributed by atoms with Gasteiger partial charge in [-0.05, 0) is 38.1 Å². The molecular weight excluding hydrogens is 146 g/mol. The van der Waals surface area contributed by atoms with E-state index in [1.807, 2.05) is 6.08 Å². The second-order valence-corrected chi connectivity index (χ2v) is 3.72. The van der Waals surface area contributed by atoms with Gasteiger partial charge in [-0.25, -0.2) is 0 Å². The van der Waals surface area contributed by atoms with E-state index in [0.717, 1.165) is 24.9 Å². The Kier molecular flexibility index (Phi) is 4.37. The first-order chi connectivity index (χ1) is 5.88. The van der Waals surface area contributed by atoms with Gasteiger partial charge in [0, 0.05) is 6.04 Å². The zero-order valence-electron chi connectivity index (χ0n) is 8.18. The maximum absolute atomic E-state index is 3.77. The number of rotatable bonds is 6. The zero-order valence-corrected chi connectivity index (χ0v) is 8.18. The lowest BCUT2D eigenvalue weighted by Gasteiger charge is -2.34. The first-order valence-corrected chi connectivity index (χ1v) is 5.22. The van der Waals surface area contributed by atoms with E-state index in [1.54, 1.807) is 0 Å². The highest BCUT2D eigenvalue weighted by Gasteiger charge is 2.25. The minimum absolute atomic E-state index is 0.766. The highest BCUT2D eigenvalue weighted by molar-refractivity contribution is 4.84. The molecule has 1 N–H and O–H groups in total. The molecule has 0 amide bonds. The fraction of sp³-hybridized carbons (Fsp3) is 0.818. The first kappa shape index (κ1) is 9.79. The molecule has 1 heteroatoms. The molecule has 1 atom stereocenters. The monoisotopic (exact) mass is 167 g/mol. The summed E-state index contributed by atoms with van der Waals surface area (Å²) in [6.07, 6.45) is 8.80. The fourth-order valence-electron chi connectivity index (χ4n) is 1.91. The normalized spacial score (nSPS) is 20.1. The summed E-state index contributed by atoms with van der Waals surface area (Å²) in [5, 5.41) is 3.57. The molecule has 0 aromatic rings. The summed E-state index contributed by atoms with van der Waals surface area (Å²) >= 11 is 0. The van der Waals surface area contributed by atoms with E-state index in [9.17, 15) is 0 Å². The molecule has 70 valence electrons. The summed E-state index contributed by atoms with van der Waals surface area (Å²) in [7, 11) is 0. The molecule has 12 heavy (non-hydrogen) atoms. The fourth-order valence-corrected chi connectivity index (χ4v) is 1.91. The maximum atomic E-state index is 3.77. The lowest BCUT2D eigenvalue weighted by molar-refractivity contribution is 0.222. The van der Waals surface area contributed by atoms with E-state index in [-0.39, 0.29) is 0 Å². The Morgan fingerprint density at radius 1 is 1.58 bits per heavy atom. The number of nitrogens with one attached hydrogen (secondary N) is 1. The summed E-state index contributed by atoms with van der Waals surface area (Å²) in [5.74, 6) is 0.963. The van der Waals surface area contributed by atoms with E-state index in [0.29, 0.717) is 0 Å². The highest BCUT2D eigenvalue weighted by Crippen LogP contribution is 2.31. The van der Waals surface area contributed by atoms with E-state index in [1.165, 1.54) is 25.7 Å². The Hall–Kier alpha value is -0.300. The van der Waals surface area contributed by atoms with Gasteiger partial charge in [0.05, 0.1) is 0 Å². The minimum atomic E-state index is 0.766. The third kappa shape index (κ3) is 2.63. The van der Waals surface area contributed by atoms with Crippen LogP contribution in [0.25, 0.3) is 0 Å². The van der Waals surface area contributed by atoms with Crippen molar-refractivity contribution in [2.45, 2.75) is 45.1 Å². The van der Waals surface area contributed by atoms with Gasteiger partial charge in [0.15, 0.2) is 0 Å².